The number of thioether (sulfide) groups is 1. The lowest BCUT2D eigenvalue weighted by molar-refractivity contribution is -0.142. The standard InChI is InChI=1S/C16H20N4O4S2/c1-4-11-9(3)17-15(20-14(11)23)26-8-12(21)19-16-18-10(7-25-16)6-13(22)24-5-2/h7H,4-6,8H2,1-3H3,(H,17,20,23)(H,18,19,21). The van der Waals surface area contributed by atoms with Crippen LogP contribution in [0.15, 0.2) is 15.3 Å². The van der Waals surface area contributed by atoms with Gasteiger partial charge < -0.3 is 15.0 Å². The molecule has 10 heteroatoms. The van der Waals surface area contributed by atoms with Crippen molar-refractivity contribution >= 4 is 40.1 Å². The van der Waals surface area contributed by atoms with E-state index >= 15 is 0 Å². The maximum atomic E-state index is 12.0. The quantitative estimate of drug-likeness (QED) is 0.398. The fraction of sp³-hybridized carbons (Fsp3) is 0.438. The van der Waals surface area contributed by atoms with Crippen molar-refractivity contribution in [2.24, 2.45) is 0 Å². The lowest BCUT2D eigenvalue weighted by atomic mass is 10.2. The molecule has 0 atom stereocenters. The van der Waals surface area contributed by atoms with Crippen LogP contribution in [0.2, 0.25) is 0 Å². The zero-order valence-electron chi connectivity index (χ0n) is 14.7. The zero-order chi connectivity index (χ0) is 19.1. The molecule has 2 N–H and O–H groups in total. The summed E-state index contributed by atoms with van der Waals surface area (Å²) in [5.41, 5.74) is 1.69. The number of anilines is 1. The van der Waals surface area contributed by atoms with Crippen molar-refractivity contribution < 1.29 is 14.3 Å². The summed E-state index contributed by atoms with van der Waals surface area (Å²) >= 11 is 2.38. The summed E-state index contributed by atoms with van der Waals surface area (Å²) in [7, 11) is 0. The Hall–Kier alpha value is -2.20. The second-order valence-corrected chi connectivity index (χ2v) is 7.07. The van der Waals surface area contributed by atoms with Crippen LogP contribution < -0.4 is 10.9 Å². The van der Waals surface area contributed by atoms with Gasteiger partial charge in [-0.05, 0) is 20.3 Å². The Labute approximate surface area is 158 Å². The monoisotopic (exact) mass is 396 g/mol. The fourth-order valence-corrected chi connectivity index (χ4v) is 3.60. The van der Waals surface area contributed by atoms with E-state index in [-0.39, 0.29) is 29.6 Å². The first-order chi connectivity index (χ1) is 12.4. The molecule has 0 aliphatic rings. The van der Waals surface area contributed by atoms with E-state index in [1.54, 1.807) is 19.2 Å². The highest BCUT2D eigenvalue weighted by molar-refractivity contribution is 7.99. The Bertz CT molecular complexity index is 847. The lowest BCUT2D eigenvalue weighted by Crippen LogP contribution is -2.18. The van der Waals surface area contributed by atoms with Crippen LogP contribution in [0.4, 0.5) is 5.13 Å². The Morgan fingerprint density at radius 1 is 1.35 bits per heavy atom. The molecule has 0 aliphatic carbocycles. The number of carbonyl (C=O) groups is 2. The Morgan fingerprint density at radius 3 is 2.77 bits per heavy atom. The van der Waals surface area contributed by atoms with Crippen LogP contribution in [0.25, 0.3) is 0 Å². The molecule has 0 fully saturated rings. The number of nitrogens with one attached hydrogen (secondary N) is 2. The van der Waals surface area contributed by atoms with Gasteiger partial charge in [-0.2, -0.15) is 0 Å². The molecule has 2 aromatic heterocycles. The average molecular weight is 396 g/mol. The molecule has 0 saturated carbocycles. The molecule has 0 saturated heterocycles. The van der Waals surface area contributed by atoms with Gasteiger partial charge in [0.2, 0.25) is 5.91 Å². The molecule has 0 radical (unpaired) electrons. The second-order valence-electron chi connectivity index (χ2n) is 5.25. The molecule has 2 aromatic rings. The zero-order valence-corrected chi connectivity index (χ0v) is 16.4. The molecule has 0 aliphatic heterocycles. The molecule has 1 amide bonds. The van der Waals surface area contributed by atoms with Gasteiger partial charge in [0, 0.05) is 16.6 Å². The number of hydrogen-bond donors (Lipinski definition) is 2. The minimum Gasteiger partial charge on any atom is -0.466 e. The predicted octanol–water partition coefficient (Wildman–Crippen LogP) is 1.93. The molecule has 26 heavy (non-hydrogen) atoms. The summed E-state index contributed by atoms with van der Waals surface area (Å²) in [5.74, 6) is -0.542. The summed E-state index contributed by atoms with van der Waals surface area (Å²) in [6, 6.07) is 0. The average Bonchev–Trinajstić information content (AvgIpc) is 2.99. The number of amides is 1. The first kappa shape index (κ1) is 20.1. The van der Waals surface area contributed by atoms with E-state index in [1.165, 1.54) is 11.3 Å². The van der Waals surface area contributed by atoms with E-state index in [0.29, 0.717) is 40.3 Å². The maximum Gasteiger partial charge on any atom is 0.311 e. The lowest BCUT2D eigenvalue weighted by Gasteiger charge is -2.05. The van der Waals surface area contributed by atoms with Gasteiger partial charge in [-0.15, -0.1) is 11.3 Å². The van der Waals surface area contributed by atoms with E-state index in [4.69, 9.17) is 4.74 Å². The van der Waals surface area contributed by atoms with Crippen LogP contribution in [0.5, 0.6) is 0 Å². The van der Waals surface area contributed by atoms with Crippen molar-refractivity contribution in [1.82, 2.24) is 15.0 Å². The third-order valence-corrected chi connectivity index (χ3v) is 5.00. The third kappa shape index (κ3) is 5.67. The number of aryl methyl sites for hydroxylation is 1. The Morgan fingerprint density at radius 2 is 2.12 bits per heavy atom. The number of hydrogen-bond acceptors (Lipinski definition) is 8. The van der Waals surface area contributed by atoms with Crippen LogP contribution in [-0.2, 0) is 27.2 Å². The van der Waals surface area contributed by atoms with E-state index in [2.05, 4.69) is 20.3 Å². The van der Waals surface area contributed by atoms with E-state index in [0.717, 1.165) is 11.8 Å². The Kier molecular flexibility index (Phi) is 7.34. The smallest absolute Gasteiger partial charge is 0.311 e. The van der Waals surface area contributed by atoms with Crippen molar-refractivity contribution in [2.75, 3.05) is 17.7 Å². The summed E-state index contributed by atoms with van der Waals surface area (Å²) in [4.78, 5) is 46.5. The fourth-order valence-electron chi connectivity index (χ4n) is 2.16. The number of ether oxygens (including phenoxy) is 1. The van der Waals surface area contributed by atoms with Crippen molar-refractivity contribution in [3.8, 4) is 0 Å². The first-order valence-corrected chi connectivity index (χ1v) is 9.91. The molecule has 2 rings (SSSR count). The molecule has 0 bridgehead atoms. The number of thiazole rings is 1. The van der Waals surface area contributed by atoms with Crippen molar-refractivity contribution in [1.29, 1.82) is 0 Å². The molecular formula is C16H20N4O4S2. The highest BCUT2D eigenvalue weighted by atomic mass is 32.2. The predicted molar refractivity (Wildman–Crippen MR) is 101 cm³/mol. The number of nitrogens with zero attached hydrogens (tertiary/aromatic N) is 2. The molecule has 8 nitrogen and oxygen atoms in total. The van der Waals surface area contributed by atoms with Gasteiger partial charge in [0.1, 0.15) is 0 Å². The van der Waals surface area contributed by atoms with Gasteiger partial charge in [0.25, 0.3) is 5.56 Å². The van der Waals surface area contributed by atoms with Crippen molar-refractivity contribution in [2.45, 2.75) is 38.8 Å². The van der Waals surface area contributed by atoms with Crippen molar-refractivity contribution in [3.63, 3.8) is 0 Å². The number of esters is 1. The van der Waals surface area contributed by atoms with E-state index < -0.39 is 0 Å². The van der Waals surface area contributed by atoms with Crippen LogP contribution in [0.1, 0.15) is 30.8 Å². The maximum absolute atomic E-state index is 12.0. The molecule has 140 valence electrons. The highest BCUT2D eigenvalue weighted by Crippen LogP contribution is 2.18. The van der Waals surface area contributed by atoms with Crippen LogP contribution >= 0.6 is 23.1 Å². The summed E-state index contributed by atoms with van der Waals surface area (Å²) < 4.78 is 4.86. The number of rotatable bonds is 8. The number of carbonyl (C=O) groups excluding carboxylic acids is 2. The normalized spacial score (nSPS) is 10.6. The number of aromatic nitrogens is 3. The third-order valence-electron chi connectivity index (χ3n) is 3.32. The highest BCUT2D eigenvalue weighted by Gasteiger charge is 2.12. The first-order valence-electron chi connectivity index (χ1n) is 8.05. The van der Waals surface area contributed by atoms with Gasteiger partial charge in [-0.25, -0.2) is 9.97 Å². The van der Waals surface area contributed by atoms with Gasteiger partial charge in [-0.3, -0.25) is 14.4 Å². The van der Waals surface area contributed by atoms with Crippen LogP contribution in [0.3, 0.4) is 0 Å². The van der Waals surface area contributed by atoms with E-state index in [1.807, 2.05) is 6.92 Å². The summed E-state index contributed by atoms with van der Waals surface area (Å²) in [5, 5.41) is 5.18. The summed E-state index contributed by atoms with van der Waals surface area (Å²) in [6.07, 6.45) is 0.681. The topological polar surface area (TPSA) is 114 Å². The molecule has 2 heterocycles. The number of aromatic amines is 1. The van der Waals surface area contributed by atoms with E-state index in [9.17, 15) is 14.4 Å². The van der Waals surface area contributed by atoms with Gasteiger partial charge in [-0.1, -0.05) is 18.7 Å². The SMILES string of the molecule is CCOC(=O)Cc1csc(NC(=O)CSc2nc(C)c(CC)c(=O)[nH]2)n1. The molecule has 0 spiro atoms. The number of H-pyrrole nitrogens is 1. The molecule has 0 aromatic carbocycles. The van der Waals surface area contributed by atoms with Crippen LogP contribution in [-0.4, -0.2) is 39.2 Å². The molecule has 0 unspecified atom stereocenters. The largest absolute Gasteiger partial charge is 0.466 e. The van der Waals surface area contributed by atoms with Crippen LogP contribution in [0, 0.1) is 6.92 Å². The second kappa shape index (κ2) is 9.48. The van der Waals surface area contributed by atoms with Gasteiger partial charge in [0.05, 0.1) is 24.5 Å². The minimum absolute atomic E-state index is 0.0726. The van der Waals surface area contributed by atoms with Crippen molar-refractivity contribution in [3.05, 3.63) is 32.7 Å². The summed E-state index contributed by atoms with van der Waals surface area (Å²) in [6.45, 7) is 5.73. The van der Waals surface area contributed by atoms with Gasteiger partial charge in [0.15, 0.2) is 10.3 Å². The Balaban J connectivity index is 1.89. The minimum atomic E-state index is -0.354. The molecular weight excluding hydrogens is 376 g/mol. The van der Waals surface area contributed by atoms with Gasteiger partial charge >= 0.3 is 5.97 Å².